The van der Waals surface area contributed by atoms with Crippen LogP contribution in [0.25, 0.3) is 0 Å². The number of nitrogens with zero attached hydrogens (tertiary/aromatic N) is 2. The molecular weight excluding hydrogens is 304 g/mol. The smallest absolute Gasteiger partial charge is 0.326 e. The number of thiophene rings is 1. The summed E-state index contributed by atoms with van der Waals surface area (Å²) in [6.45, 7) is 3.58. The number of hydrogen-bond donors (Lipinski definition) is 1. The second-order valence-corrected chi connectivity index (χ2v) is 6.60. The van der Waals surface area contributed by atoms with Gasteiger partial charge in [0.2, 0.25) is 0 Å². The van der Waals surface area contributed by atoms with Crippen molar-refractivity contribution in [3.8, 4) is 0 Å². The van der Waals surface area contributed by atoms with E-state index >= 15 is 0 Å². The van der Waals surface area contributed by atoms with Crippen LogP contribution in [0.5, 0.6) is 0 Å². The molecule has 1 amide bonds. The predicted molar refractivity (Wildman–Crippen MR) is 82.2 cm³/mol. The van der Waals surface area contributed by atoms with Gasteiger partial charge in [-0.15, -0.1) is 11.3 Å². The number of likely N-dealkylation sites (tertiary alicyclic amines) is 1. The summed E-state index contributed by atoms with van der Waals surface area (Å²) < 4.78 is 5.35. The number of carboxylic acids is 1. The number of carboxylic acid groups (broad SMARTS) is 1. The van der Waals surface area contributed by atoms with Gasteiger partial charge in [-0.2, -0.15) is 0 Å². The number of aliphatic carboxylic acids is 1. The number of morpholine rings is 1. The maximum atomic E-state index is 12.5. The van der Waals surface area contributed by atoms with E-state index in [0.29, 0.717) is 31.1 Å². The van der Waals surface area contributed by atoms with Crippen LogP contribution >= 0.6 is 11.3 Å². The van der Waals surface area contributed by atoms with Crippen LogP contribution in [0.4, 0.5) is 0 Å². The molecule has 0 aliphatic carbocycles. The summed E-state index contributed by atoms with van der Waals surface area (Å²) in [5.41, 5.74) is 0. The quantitative estimate of drug-likeness (QED) is 0.903. The van der Waals surface area contributed by atoms with Crippen molar-refractivity contribution in [1.29, 1.82) is 0 Å². The summed E-state index contributed by atoms with van der Waals surface area (Å²) in [6.07, 6.45) is 1.31. The molecule has 120 valence electrons. The van der Waals surface area contributed by atoms with E-state index in [1.54, 1.807) is 6.07 Å². The van der Waals surface area contributed by atoms with Gasteiger partial charge in [-0.3, -0.25) is 9.69 Å². The Hall–Kier alpha value is -1.44. The van der Waals surface area contributed by atoms with Crippen LogP contribution in [0.15, 0.2) is 17.5 Å². The Morgan fingerprint density at radius 1 is 1.27 bits per heavy atom. The lowest BCUT2D eigenvalue weighted by Crippen LogP contribution is -2.56. The van der Waals surface area contributed by atoms with Gasteiger partial charge in [0.1, 0.15) is 6.04 Å². The molecule has 3 rings (SSSR count). The molecule has 2 unspecified atom stereocenters. The zero-order valence-corrected chi connectivity index (χ0v) is 13.1. The van der Waals surface area contributed by atoms with Gasteiger partial charge in [0, 0.05) is 25.7 Å². The van der Waals surface area contributed by atoms with Crippen LogP contribution < -0.4 is 0 Å². The highest BCUT2D eigenvalue weighted by Crippen LogP contribution is 2.25. The van der Waals surface area contributed by atoms with E-state index < -0.39 is 12.0 Å². The maximum Gasteiger partial charge on any atom is 0.326 e. The lowest BCUT2D eigenvalue weighted by Gasteiger charge is -2.42. The van der Waals surface area contributed by atoms with Crippen molar-refractivity contribution in [1.82, 2.24) is 9.80 Å². The Morgan fingerprint density at radius 2 is 2.05 bits per heavy atom. The molecule has 0 bridgehead atoms. The minimum absolute atomic E-state index is 0.164. The first-order valence-corrected chi connectivity index (χ1v) is 8.44. The predicted octanol–water partition coefficient (Wildman–Crippen LogP) is 1.14. The minimum atomic E-state index is -0.914. The Bertz CT molecular complexity index is 528. The standard InChI is InChI=1S/C15H20N2O4S/c18-14(13-2-1-9-22-13)17-4-3-11(10-12(17)15(19)20)16-5-7-21-8-6-16/h1-2,9,11-12H,3-8,10H2,(H,19,20). The first kappa shape index (κ1) is 15.5. The molecule has 2 atom stereocenters. The highest BCUT2D eigenvalue weighted by atomic mass is 32.1. The number of ether oxygens (including phenoxy) is 1. The number of amides is 1. The van der Waals surface area contributed by atoms with Crippen LogP contribution in [0.3, 0.4) is 0 Å². The molecule has 0 saturated carbocycles. The average molecular weight is 324 g/mol. The second-order valence-electron chi connectivity index (χ2n) is 5.66. The first-order valence-electron chi connectivity index (χ1n) is 7.56. The van der Waals surface area contributed by atoms with Crippen molar-refractivity contribution in [3.63, 3.8) is 0 Å². The van der Waals surface area contributed by atoms with Gasteiger partial charge < -0.3 is 14.7 Å². The van der Waals surface area contributed by atoms with Crippen molar-refractivity contribution in [2.75, 3.05) is 32.8 Å². The second kappa shape index (κ2) is 6.76. The number of carbonyl (C=O) groups is 2. The van der Waals surface area contributed by atoms with Crippen molar-refractivity contribution < 1.29 is 19.4 Å². The van der Waals surface area contributed by atoms with Crippen LogP contribution in [-0.2, 0) is 9.53 Å². The Kier molecular flexibility index (Phi) is 4.75. The highest BCUT2D eigenvalue weighted by molar-refractivity contribution is 7.12. The van der Waals surface area contributed by atoms with E-state index in [0.717, 1.165) is 19.5 Å². The number of piperidine rings is 1. The van der Waals surface area contributed by atoms with Gasteiger partial charge in [0.15, 0.2) is 0 Å². The van der Waals surface area contributed by atoms with Gasteiger partial charge >= 0.3 is 5.97 Å². The summed E-state index contributed by atoms with van der Waals surface area (Å²) in [4.78, 5) is 28.6. The summed E-state index contributed by atoms with van der Waals surface area (Å²) in [5, 5.41) is 11.4. The van der Waals surface area contributed by atoms with Crippen LogP contribution in [0, 0.1) is 0 Å². The monoisotopic (exact) mass is 324 g/mol. The number of hydrogen-bond acceptors (Lipinski definition) is 5. The molecule has 7 heteroatoms. The van der Waals surface area contributed by atoms with Gasteiger partial charge in [-0.05, 0) is 24.3 Å². The van der Waals surface area contributed by atoms with Crippen LogP contribution in [0.1, 0.15) is 22.5 Å². The van der Waals surface area contributed by atoms with Crippen molar-refractivity contribution in [2.45, 2.75) is 24.9 Å². The summed E-state index contributed by atoms with van der Waals surface area (Å²) >= 11 is 1.36. The van der Waals surface area contributed by atoms with Gasteiger partial charge in [0.25, 0.3) is 5.91 Å². The summed E-state index contributed by atoms with van der Waals surface area (Å²) in [5.74, 6) is -1.08. The van der Waals surface area contributed by atoms with Gasteiger partial charge in [-0.1, -0.05) is 6.07 Å². The largest absolute Gasteiger partial charge is 0.480 e. The summed E-state index contributed by atoms with van der Waals surface area (Å²) in [7, 11) is 0. The fourth-order valence-corrected chi connectivity index (χ4v) is 3.92. The molecule has 1 aromatic heterocycles. The third-order valence-corrected chi connectivity index (χ3v) is 5.27. The fraction of sp³-hybridized carbons (Fsp3) is 0.600. The van der Waals surface area contributed by atoms with E-state index in [2.05, 4.69) is 4.90 Å². The molecule has 2 aliphatic rings. The molecule has 22 heavy (non-hydrogen) atoms. The highest BCUT2D eigenvalue weighted by Gasteiger charge is 2.38. The molecule has 1 N–H and O–H groups in total. The third-order valence-electron chi connectivity index (χ3n) is 4.41. The molecule has 6 nitrogen and oxygen atoms in total. The minimum Gasteiger partial charge on any atom is -0.480 e. The maximum absolute atomic E-state index is 12.5. The normalized spacial score (nSPS) is 26.8. The molecule has 2 fully saturated rings. The van der Waals surface area contributed by atoms with E-state index in [9.17, 15) is 14.7 Å². The number of rotatable bonds is 3. The topological polar surface area (TPSA) is 70.1 Å². The van der Waals surface area contributed by atoms with E-state index in [1.807, 2.05) is 11.4 Å². The van der Waals surface area contributed by atoms with E-state index in [1.165, 1.54) is 16.2 Å². The molecule has 0 aromatic carbocycles. The average Bonchev–Trinajstić information content (AvgIpc) is 3.09. The lowest BCUT2D eigenvalue weighted by atomic mass is 9.95. The molecular formula is C15H20N2O4S. The van der Waals surface area contributed by atoms with Crippen molar-refractivity contribution in [2.24, 2.45) is 0 Å². The molecule has 0 radical (unpaired) electrons. The van der Waals surface area contributed by atoms with Gasteiger partial charge in [-0.25, -0.2) is 4.79 Å². The zero-order chi connectivity index (χ0) is 15.5. The molecule has 2 aliphatic heterocycles. The SMILES string of the molecule is O=C(O)C1CC(N2CCOCC2)CCN1C(=O)c1cccs1. The van der Waals surface area contributed by atoms with E-state index in [-0.39, 0.29) is 11.9 Å². The Labute approximate surface area is 133 Å². The molecule has 0 spiro atoms. The molecule has 3 heterocycles. The van der Waals surface area contributed by atoms with Gasteiger partial charge in [0.05, 0.1) is 18.1 Å². The van der Waals surface area contributed by atoms with E-state index in [4.69, 9.17) is 4.74 Å². The zero-order valence-electron chi connectivity index (χ0n) is 12.3. The first-order chi connectivity index (χ1) is 10.7. The summed E-state index contributed by atoms with van der Waals surface area (Å²) in [6, 6.07) is 3.04. The lowest BCUT2D eigenvalue weighted by molar-refractivity contribution is -0.144. The molecule has 1 aromatic rings. The van der Waals surface area contributed by atoms with Crippen molar-refractivity contribution >= 4 is 23.2 Å². The Morgan fingerprint density at radius 3 is 2.68 bits per heavy atom. The molecule has 2 saturated heterocycles. The number of carbonyl (C=O) groups excluding carboxylic acids is 1. The van der Waals surface area contributed by atoms with Crippen LogP contribution in [-0.4, -0.2) is 71.7 Å². The van der Waals surface area contributed by atoms with Crippen LogP contribution in [0.2, 0.25) is 0 Å². The third kappa shape index (κ3) is 3.16. The Balaban J connectivity index is 1.71. The fourth-order valence-electron chi connectivity index (χ4n) is 3.24. The van der Waals surface area contributed by atoms with Crippen molar-refractivity contribution in [3.05, 3.63) is 22.4 Å².